The number of rotatable bonds is 8. The molecule has 1 aromatic heterocycles. The average Bonchev–Trinajstić information content (AvgIpc) is 2.81. The molecule has 0 aromatic carbocycles. The lowest BCUT2D eigenvalue weighted by molar-refractivity contribution is 0.407. The first-order valence-corrected chi connectivity index (χ1v) is 8.46. The van der Waals surface area contributed by atoms with E-state index in [0.29, 0.717) is 13.1 Å². The van der Waals surface area contributed by atoms with Gasteiger partial charge in [-0.25, -0.2) is 13.1 Å². The molecule has 0 atom stereocenters. The zero-order valence-corrected chi connectivity index (χ0v) is 13.6. The molecule has 116 valence electrons. The highest BCUT2D eigenvalue weighted by Crippen LogP contribution is 2.13. The quantitative estimate of drug-likeness (QED) is 0.708. The van der Waals surface area contributed by atoms with E-state index >= 15 is 0 Å². The Bertz CT molecular complexity index is 503. The normalized spacial score (nSPS) is 12.8. The standard InChI is InChI=1S/C13H26N4O2S/c1-5-6-14-7-8-17-10-12(9-15-17)20(18,19)16-11-13(2,3)4/h9-10,14,16H,5-8,11H2,1-4H3. The fourth-order valence-electron chi connectivity index (χ4n) is 1.50. The van der Waals surface area contributed by atoms with Crippen molar-refractivity contribution in [3.8, 4) is 0 Å². The molecule has 7 heteroatoms. The van der Waals surface area contributed by atoms with E-state index in [1.165, 1.54) is 6.20 Å². The molecule has 20 heavy (non-hydrogen) atoms. The molecular formula is C13H26N4O2S. The molecule has 0 amide bonds. The molecule has 0 unspecified atom stereocenters. The molecule has 0 radical (unpaired) electrons. The Morgan fingerprint density at radius 2 is 2.00 bits per heavy atom. The molecule has 0 spiro atoms. The van der Waals surface area contributed by atoms with Gasteiger partial charge in [0.1, 0.15) is 4.90 Å². The van der Waals surface area contributed by atoms with E-state index in [2.05, 4.69) is 22.1 Å². The molecule has 0 fully saturated rings. The maximum absolute atomic E-state index is 12.1. The molecule has 0 aliphatic rings. The van der Waals surface area contributed by atoms with Gasteiger partial charge >= 0.3 is 0 Å². The summed E-state index contributed by atoms with van der Waals surface area (Å²) in [4.78, 5) is 0.220. The summed E-state index contributed by atoms with van der Waals surface area (Å²) in [7, 11) is -3.46. The van der Waals surface area contributed by atoms with Gasteiger partial charge in [0.15, 0.2) is 0 Å². The molecule has 1 rings (SSSR count). The Morgan fingerprint density at radius 3 is 2.60 bits per heavy atom. The summed E-state index contributed by atoms with van der Waals surface area (Å²) in [6.45, 7) is 10.9. The molecule has 0 saturated heterocycles. The van der Waals surface area contributed by atoms with E-state index in [9.17, 15) is 8.42 Å². The van der Waals surface area contributed by atoms with E-state index in [1.807, 2.05) is 20.8 Å². The van der Waals surface area contributed by atoms with Crippen molar-refractivity contribution in [3.63, 3.8) is 0 Å². The van der Waals surface area contributed by atoms with Gasteiger partial charge in [-0.1, -0.05) is 27.7 Å². The third-order valence-electron chi connectivity index (χ3n) is 2.66. The fourth-order valence-corrected chi connectivity index (χ4v) is 2.73. The second kappa shape index (κ2) is 7.19. The fraction of sp³-hybridized carbons (Fsp3) is 0.769. The van der Waals surface area contributed by atoms with Crippen molar-refractivity contribution in [2.75, 3.05) is 19.6 Å². The summed E-state index contributed by atoms with van der Waals surface area (Å²) >= 11 is 0. The van der Waals surface area contributed by atoms with Gasteiger partial charge in [-0.15, -0.1) is 0 Å². The lowest BCUT2D eigenvalue weighted by Crippen LogP contribution is -2.32. The Labute approximate surface area is 122 Å². The van der Waals surface area contributed by atoms with Crippen LogP contribution in [-0.4, -0.2) is 37.8 Å². The van der Waals surface area contributed by atoms with Gasteiger partial charge < -0.3 is 5.32 Å². The first kappa shape index (κ1) is 17.1. The Balaban J connectivity index is 2.57. The molecule has 0 aliphatic carbocycles. The monoisotopic (exact) mass is 302 g/mol. The third kappa shape index (κ3) is 6.02. The van der Waals surface area contributed by atoms with Crippen LogP contribution in [0, 0.1) is 5.41 Å². The Hall–Kier alpha value is -0.920. The first-order chi connectivity index (χ1) is 9.24. The van der Waals surface area contributed by atoms with E-state index in [-0.39, 0.29) is 10.3 Å². The number of nitrogens with zero attached hydrogens (tertiary/aromatic N) is 2. The lowest BCUT2D eigenvalue weighted by Gasteiger charge is -2.18. The van der Waals surface area contributed by atoms with Crippen molar-refractivity contribution in [2.24, 2.45) is 5.41 Å². The van der Waals surface area contributed by atoms with Crippen molar-refractivity contribution in [1.82, 2.24) is 19.8 Å². The maximum atomic E-state index is 12.1. The molecule has 0 aliphatic heterocycles. The zero-order chi connectivity index (χ0) is 15.2. The highest BCUT2D eigenvalue weighted by atomic mass is 32.2. The molecule has 6 nitrogen and oxygen atoms in total. The minimum Gasteiger partial charge on any atom is -0.315 e. The van der Waals surface area contributed by atoms with Crippen LogP contribution in [0.2, 0.25) is 0 Å². The highest BCUT2D eigenvalue weighted by molar-refractivity contribution is 7.89. The van der Waals surface area contributed by atoms with Crippen LogP contribution >= 0.6 is 0 Å². The van der Waals surface area contributed by atoms with Crippen LogP contribution in [0.1, 0.15) is 34.1 Å². The first-order valence-electron chi connectivity index (χ1n) is 6.97. The van der Waals surface area contributed by atoms with Crippen LogP contribution in [0.4, 0.5) is 0 Å². The smallest absolute Gasteiger partial charge is 0.243 e. The Morgan fingerprint density at radius 1 is 1.30 bits per heavy atom. The van der Waals surface area contributed by atoms with Crippen LogP contribution in [0.3, 0.4) is 0 Å². The minimum atomic E-state index is -3.46. The summed E-state index contributed by atoms with van der Waals surface area (Å²) in [6.07, 6.45) is 4.04. The predicted octanol–water partition coefficient (Wildman–Crippen LogP) is 1.21. The molecular weight excluding hydrogens is 276 g/mol. The summed E-state index contributed by atoms with van der Waals surface area (Å²) in [5.41, 5.74) is -0.0901. The van der Waals surface area contributed by atoms with Gasteiger partial charge in [0.2, 0.25) is 10.0 Å². The molecule has 2 N–H and O–H groups in total. The van der Waals surface area contributed by atoms with E-state index in [1.54, 1.807) is 10.9 Å². The van der Waals surface area contributed by atoms with Gasteiger partial charge in [0.05, 0.1) is 12.7 Å². The second-order valence-electron chi connectivity index (χ2n) is 6.07. The van der Waals surface area contributed by atoms with Crippen molar-refractivity contribution >= 4 is 10.0 Å². The van der Waals surface area contributed by atoms with Crippen molar-refractivity contribution in [2.45, 2.75) is 45.6 Å². The van der Waals surface area contributed by atoms with E-state index in [4.69, 9.17) is 0 Å². The number of nitrogens with one attached hydrogen (secondary N) is 2. The summed E-state index contributed by atoms with van der Waals surface area (Å²) in [5, 5.41) is 7.33. The van der Waals surface area contributed by atoms with Crippen molar-refractivity contribution in [3.05, 3.63) is 12.4 Å². The number of aromatic nitrogens is 2. The topological polar surface area (TPSA) is 76.0 Å². The van der Waals surface area contributed by atoms with Crippen LogP contribution in [0.25, 0.3) is 0 Å². The van der Waals surface area contributed by atoms with Crippen molar-refractivity contribution < 1.29 is 8.42 Å². The van der Waals surface area contributed by atoms with E-state index in [0.717, 1.165) is 19.5 Å². The van der Waals surface area contributed by atoms with E-state index < -0.39 is 10.0 Å². The number of hydrogen-bond acceptors (Lipinski definition) is 4. The third-order valence-corrected chi connectivity index (χ3v) is 4.01. The average molecular weight is 302 g/mol. The predicted molar refractivity (Wildman–Crippen MR) is 80.0 cm³/mol. The molecule has 1 aromatic rings. The molecule has 1 heterocycles. The summed E-state index contributed by atoms with van der Waals surface area (Å²) < 4.78 is 28.4. The van der Waals surface area contributed by atoms with Crippen LogP contribution in [-0.2, 0) is 16.6 Å². The van der Waals surface area contributed by atoms with Crippen LogP contribution in [0.15, 0.2) is 17.3 Å². The van der Waals surface area contributed by atoms with Gasteiger partial charge in [0, 0.05) is 19.3 Å². The van der Waals surface area contributed by atoms with Gasteiger partial charge in [-0.3, -0.25) is 4.68 Å². The van der Waals surface area contributed by atoms with Gasteiger partial charge in [0.25, 0.3) is 0 Å². The lowest BCUT2D eigenvalue weighted by atomic mass is 9.98. The SMILES string of the molecule is CCCNCCn1cc(S(=O)(=O)NCC(C)(C)C)cn1. The second-order valence-corrected chi connectivity index (χ2v) is 7.84. The van der Waals surface area contributed by atoms with Crippen LogP contribution in [0.5, 0.6) is 0 Å². The number of sulfonamides is 1. The Kier molecular flexibility index (Phi) is 6.16. The minimum absolute atomic E-state index is 0.0901. The largest absolute Gasteiger partial charge is 0.315 e. The van der Waals surface area contributed by atoms with Gasteiger partial charge in [-0.05, 0) is 18.4 Å². The zero-order valence-electron chi connectivity index (χ0n) is 12.8. The summed E-state index contributed by atoms with van der Waals surface area (Å²) in [5.74, 6) is 0. The molecule has 0 saturated carbocycles. The summed E-state index contributed by atoms with van der Waals surface area (Å²) in [6, 6.07) is 0. The van der Waals surface area contributed by atoms with Crippen LogP contribution < -0.4 is 10.0 Å². The van der Waals surface area contributed by atoms with Crippen molar-refractivity contribution in [1.29, 1.82) is 0 Å². The van der Waals surface area contributed by atoms with Gasteiger partial charge in [-0.2, -0.15) is 5.10 Å². The molecule has 0 bridgehead atoms. The highest BCUT2D eigenvalue weighted by Gasteiger charge is 2.19. The number of hydrogen-bond donors (Lipinski definition) is 2. The maximum Gasteiger partial charge on any atom is 0.243 e.